The average molecular weight is 252 g/mol. The second-order valence-electron chi connectivity index (χ2n) is 4.83. The highest BCUT2D eigenvalue weighted by molar-refractivity contribution is 6.09. The summed E-state index contributed by atoms with van der Waals surface area (Å²) in [6.45, 7) is 6.99. The third-order valence-corrected chi connectivity index (χ3v) is 1.72. The summed E-state index contributed by atoms with van der Waals surface area (Å²) < 4.78 is 4.99. The van der Waals surface area contributed by atoms with Crippen LogP contribution in [-0.4, -0.2) is 23.1 Å². The van der Waals surface area contributed by atoms with Crippen LogP contribution in [0, 0.1) is 0 Å². The summed E-state index contributed by atoms with van der Waals surface area (Å²) in [5, 5.41) is 0. The second kappa shape index (κ2) is 7.58. The average Bonchev–Trinajstić information content (AvgIpc) is 2.13. The van der Waals surface area contributed by atoms with E-state index >= 15 is 0 Å². The van der Waals surface area contributed by atoms with Gasteiger partial charge in [0.15, 0.2) is 11.6 Å². The normalized spacial score (nSPS) is 12.0. The van der Waals surface area contributed by atoms with Gasteiger partial charge in [0, 0.05) is 0 Å². The molecular formula is C14H20O4. The first kappa shape index (κ1) is 16.3. The molecule has 0 aliphatic rings. The molecule has 0 spiro atoms. The highest BCUT2D eigenvalue weighted by Crippen LogP contribution is 2.08. The molecule has 0 fully saturated rings. The van der Waals surface area contributed by atoms with Gasteiger partial charge in [-0.2, -0.15) is 0 Å². The molecule has 0 atom stereocenters. The fraction of sp³-hybridized carbons (Fsp3) is 0.500. The second-order valence-corrected chi connectivity index (χ2v) is 4.83. The van der Waals surface area contributed by atoms with Crippen LogP contribution in [0.25, 0.3) is 0 Å². The van der Waals surface area contributed by atoms with E-state index in [1.807, 2.05) is 6.92 Å². The lowest BCUT2D eigenvalue weighted by molar-refractivity contribution is -0.156. The van der Waals surface area contributed by atoms with E-state index in [9.17, 15) is 14.4 Å². The molecule has 0 aromatic rings. The summed E-state index contributed by atoms with van der Waals surface area (Å²) in [5.41, 5.74) is -0.618. The molecule has 0 saturated carbocycles. The van der Waals surface area contributed by atoms with Crippen molar-refractivity contribution in [1.82, 2.24) is 0 Å². The minimum Gasteiger partial charge on any atom is -0.460 e. The molecule has 0 bridgehead atoms. The van der Waals surface area contributed by atoms with Gasteiger partial charge in [-0.25, -0.2) is 0 Å². The van der Waals surface area contributed by atoms with Crippen LogP contribution in [-0.2, 0) is 19.1 Å². The van der Waals surface area contributed by atoms with Crippen LogP contribution in [0.3, 0.4) is 0 Å². The van der Waals surface area contributed by atoms with Gasteiger partial charge in [-0.05, 0) is 33.8 Å². The van der Waals surface area contributed by atoms with Crippen molar-refractivity contribution in [1.29, 1.82) is 0 Å². The Morgan fingerprint density at radius 1 is 1.06 bits per heavy atom. The molecule has 0 N–H and O–H groups in total. The largest absolute Gasteiger partial charge is 0.460 e. The molecule has 0 aliphatic carbocycles. The Morgan fingerprint density at radius 2 is 1.67 bits per heavy atom. The molecule has 4 heteroatoms. The number of rotatable bonds is 6. The maximum Gasteiger partial charge on any atom is 0.313 e. The quantitative estimate of drug-likeness (QED) is 0.315. The van der Waals surface area contributed by atoms with E-state index in [1.54, 1.807) is 39.0 Å². The Kier molecular flexibility index (Phi) is 6.86. The van der Waals surface area contributed by atoms with Gasteiger partial charge in [0.1, 0.15) is 12.0 Å². The molecule has 0 aliphatic heterocycles. The number of ketones is 2. The van der Waals surface area contributed by atoms with E-state index < -0.39 is 17.4 Å². The first-order chi connectivity index (χ1) is 8.24. The molecule has 100 valence electrons. The van der Waals surface area contributed by atoms with Crippen LogP contribution in [0.2, 0.25) is 0 Å². The number of carbonyl (C=O) groups excluding carboxylic acids is 3. The number of allylic oxidation sites excluding steroid dienone is 4. The van der Waals surface area contributed by atoms with E-state index in [4.69, 9.17) is 4.74 Å². The molecular weight excluding hydrogens is 232 g/mol. The molecule has 0 heterocycles. The summed E-state index contributed by atoms with van der Waals surface area (Å²) >= 11 is 0. The molecule has 0 rings (SSSR count). The highest BCUT2D eigenvalue weighted by Gasteiger charge is 2.19. The monoisotopic (exact) mass is 252 g/mol. The van der Waals surface area contributed by atoms with Crippen molar-refractivity contribution >= 4 is 17.5 Å². The number of hydrogen-bond acceptors (Lipinski definition) is 4. The van der Waals surface area contributed by atoms with Gasteiger partial charge < -0.3 is 4.74 Å². The third-order valence-electron chi connectivity index (χ3n) is 1.72. The summed E-state index contributed by atoms with van der Waals surface area (Å²) in [5.74, 6) is -1.35. The predicted octanol–water partition coefficient (Wildman–Crippen LogP) is 2.38. The topological polar surface area (TPSA) is 60.4 Å². The van der Waals surface area contributed by atoms with Crippen molar-refractivity contribution in [3.8, 4) is 0 Å². The van der Waals surface area contributed by atoms with Crippen molar-refractivity contribution in [2.45, 2.75) is 46.1 Å². The van der Waals surface area contributed by atoms with Gasteiger partial charge in [0.25, 0.3) is 0 Å². The van der Waals surface area contributed by atoms with Crippen molar-refractivity contribution < 1.29 is 19.1 Å². The summed E-state index contributed by atoms with van der Waals surface area (Å²) in [4.78, 5) is 34.0. The molecule has 0 radical (unpaired) electrons. The van der Waals surface area contributed by atoms with Crippen LogP contribution in [0.5, 0.6) is 0 Å². The lowest BCUT2D eigenvalue weighted by atomic mass is 10.1. The first-order valence-electron chi connectivity index (χ1n) is 5.80. The van der Waals surface area contributed by atoms with E-state index in [0.717, 1.165) is 0 Å². The minimum absolute atomic E-state index is 0.271. The predicted molar refractivity (Wildman–Crippen MR) is 69.0 cm³/mol. The molecule has 0 saturated heterocycles. The molecule has 18 heavy (non-hydrogen) atoms. The smallest absolute Gasteiger partial charge is 0.313 e. The first-order valence-corrected chi connectivity index (χ1v) is 5.80. The van der Waals surface area contributed by atoms with Crippen molar-refractivity contribution in [3.63, 3.8) is 0 Å². The van der Waals surface area contributed by atoms with Crippen molar-refractivity contribution in [2.24, 2.45) is 0 Å². The Morgan fingerprint density at radius 3 is 2.17 bits per heavy atom. The number of carbonyl (C=O) groups is 3. The van der Waals surface area contributed by atoms with Crippen LogP contribution < -0.4 is 0 Å². The number of Topliss-reactive ketones (excluding diaryl/α,β-unsaturated/α-hetero) is 1. The van der Waals surface area contributed by atoms with Crippen LogP contribution in [0.15, 0.2) is 24.3 Å². The van der Waals surface area contributed by atoms with Gasteiger partial charge >= 0.3 is 5.97 Å². The third kappa shape index (κ3) is 9.51. The van der Waals surface area contributed by atoms with Gasteiger partial charge in [-0.15, -0.1) is 0 Å². The fourth-order valence-electron chi connectivity index (χ4n) is 1.13. The van der Waals surface area contributed by atoms with Crippen LogP contribution >= 0.6 is 0 Å². The van der Waals surface area contributed by atoms with E-state index in [0.29, 0.717) is 0 Å². The minimum atomic E-state index is -0.618. The summed E-state index contributed by atoms with van der Waals surface area (Å²) in [6.07, 6.45) is 5.70. The molecule has 0 aromatic carbocycles. The highest BCUT2D eigenvalue weighted by atomic mass is 16.6. The van der Waals surface area contributed by atoms with Gasteiger partial charge in [0.2, 0.25) is 0 Å². The maximum absolute atomic E-state index is 11.4. The molecule has 4 nitrogen and oxygen atoms in total. The lowest BCUT2D eigenvalue weighted by Crippen LogP contribution is -2.25. The Hall–Kier alpha value is -1.71. The summed E-state index contributed by atoms with van der Waals surface area (Å²) in [6, 6.07) is 0. The number of hydrogen-bond donors (Lipinski definition) is 0. The Balaban J connectivity index is 4.12. The van der Waals surface area contributed by atoms with Crippen molar-refractivity contribution in [2.75, 3.05) is 0 Å². The van der Waals surface area contributed by atoms with E-state index in [-0.39, 0.29) is 18.6 Å². The maximum atomic E-state index is 11.4. The Labute approximate surface area is 108 Å². The number of ether oxygens (including phenoxy) is 1. The Bertz CT molecular complexity index is 370. The van der Waals surface area contributed by atoms with E-state index in [2.05, 4.69) is 0 Å². The van der Waals surface area contributed by atoms with Crippen LogP contribution in [0.1, 0.15) is 40.5 Å². The molecule has 0 unspecified atom stereocenters. The van der Waals surface area contributed by atoms with Crippen LogP contribution in [0.4, 0.5) is 0 Å². The van der Waals surface area contributed by atoms with Crippen molar-refractivity contribution in [3.05, 3.63) is 24.3 Å². The zero-order chi connectivity index (χ0) is 14.2. The zero-order valence-corrected chi connectivity index (χ0v) is 11.4. The SMILES string of the molecule is C/C=C/C=C/C(=O)CC(=O)CC(=O)OC(C)(C)C. The van der Waals surface area contributed by atoms with Gasteiger partial charge in [0.05, 0.1) is 6.42 Å². The molecule has 0 amide bonds. The lowest BCUT2D eigenvalue weighted by Gasteiger charge is -2.18. The summed E-state index contributed by atoms with van der Waals surface area (Å²) in [7, 11) is 0. The number of esters is 1. The fourth-order valence-corrected chi connectivity index (χ4v) is 1.13. The molecule has 0 aromatic heterocycles. The van der Waals surface area contributed by atoms with Gasteiger partial charge in [-0.1, -0.05) is 18.2 Å². The zero-order valence-electron chi connectivity index (χ0n) is 11.4. The van der Waals surface area contributed by atoms with Gasteiger partial charge in [-0.3, -0.25) is 14.4 Å². The van der Waals surface area contributed by atoms with E-state index in [1.165, 1.54) is 6.08 Å². The standard InChI is InChI=1S/C14H20O4/c1-5-6-7-8-11(15)9-12(16)10-13(17)18-14(2,3)4/h5-8H,9-10H2,1-4H3/b6-5+,8-7+.